The fourth-order valence-electron chi connectivity index (χ4n) is 2.41. The summed E-state index contributed by atoms with van der Waals surface area (Å²) in [6.45, 7) is 5.12. The normalized spacial score (nSPS) is 18.0. The molecule has 21 heavy (non-hydrogen) atoms. The number of carbonyl (C=O) groups excluding carboxylic acids is 1. The Kier molecular flexibility index (Phi) is 3.88. The number of hydrogen-bond acceptors (Lipinski definition) is 5. The molecule has 1 aliphatic rings. The number of thiazole rings is 1. The molecule has 6 heteroatoms. The first-order valence-electron chi connectivity index (χ1n) is 6.93. The lowest BCUT2D eigenvalue weighted by Crippen LogP contribution is -2.30. The average molecular weight is 303 g/mol. The van der Waals surface area contributed by atoms with Crippen LogP contribution < -0.4 is 4.74 Å². The van der Waals surface area contributed by atoms with Crippen LogP contribution in [0.3, 0.4) is 0 Å². The number of aryl methyl sites for hydroxylation is 2. The van der Waals surface area contributed by atoms with E-state index in [1.807, 2.05) is 36.9 Å². The highest BCUT2D eigenvalue weighted by molar-refractivity contribution is 7.11. The van der Waals surface area contributed by atoms with E-state index in [1.165, 1.54) is 11.3 Å². The third-order valence-electron chi connectivity index (χ3n) is 3.52. The van der Waals surface area contributed by atoms with Crippen molar-refractivity contribution in [2.45, 2.75) is 26.4 Å². The number of hydrogen-bond donors (Lipinski definition) is 0. The van der Waals surface area contributed by atoms with Gasteiger partial charge in [0.25, 0.3) is 5.91 Å². The van der Waals surface area contributed by atoms with Crippen LogP contribution in [0.2, 0.25) is 0 Å². The van der Waals surface area contributed by atoms with Crippen molar-refractivity contribution < 1.29 is 9.53 Å². The van der Waals surface area contributed by atoms with Crippen molar-refractivity contribution in [2.24, 2.45) is 0 Å². The van der Waals surface area contributed by atoms with Crippen LogP contribution in [-0.4, -0.2) is 40.0 Å². The molecule has 1 unspecified atom stereocenters. The fourth-order valence-corrected chi connectivity index (χ4v) is 3.18. The maximum atomic E-state index is 12.4. The maximum Gasteiger partial charge on any atom is 0.265 e. The van der Waals surface area contributed by atoms with Gasteiger partial charge in [-0.05, 0) is 19.9 Å². The summed E-state index contributed by atoms with van der Waals surface area (Å²) in [4.78, 5) is 23.4. The van der Waals surface area contributed by atoms with E-state index in [0.717, 1.165) is 22.7 Å². The van der Waals surface area contributed by atoms with E-state index in [4.69, 9.17) is 4.74 Å². The highest BCUT2D eigenvalue weighted by Crippen LogP contribution is 2.21. The highest BCUT2D eigenvalue weighted by Gasteiger charge is 2.30. The van der Waals surface area contributed by atoms with E-state index in [2.05, 4.69) is 9.97 Å². The molecule has 2 aromatic heterocycles. The van der Waals surface area contributed by atoms with Gasteiger partial charge in [0.1, 0.15) is 11.0 Å². The molecule has 1 atom stereocenters. The van der Waals surface area contributed by atoms with Gasteiger partial charge in [-0.2, -0.15) is 0 Å². The number of aromatic nitrogens is 2. The van der Waals surface area contributed by atoms with Gasteiger partial charge in [-0.25, -0.2) is 9.97 Å². The zero-order chi connectivity index (χ0) is 14.8. The highest BCUT2D eigenvalue weighted by atomic mass is 32.1. The van der Waals surface area contributed by atoms with Gasteiger partial charge in [-0.3, -0.25) is 4.79 Å². The molecule has 0 aliphatic carbocycles. The van der Waals surface area contributed by atoms with Crippen molar-refractivity contribution >= 4 is 17.2 Å². The van der Waals surface area contributed by atoms with Gasteiger partial charge in [0, 0.05) is 24.7 Å². The molecule has 0 saturated carbocycles. The van der Waals surface area contributed by atoms with Gasteiger partial charge in [-0.15, -0.1) is 11.3 Å². The van der Waals surface area contributed by atoms with Gasteiger partial charge in [0.15, 0.2) is 0 Å². The van der Waals surface area contributed by atoms with Gasteiger partial charge < -0.3 is 9.64 Å². The molecule has 0 aromatic carbocycles. The second-order valence-electron chi connectivity index (χ2n) is 5.16. The molecule has 1 fully saturated rings. The summed E-state index contributed by atoms with van der Waals surface area (Å²) in [5, 5.41) is 0. The van der Waals surface area contributed by atoms with Crippen LogP contribution in [0.25, 0.3) is 0 Å². The second-order valence-corrected chi connectivity index (χ2v) is 6.02. The summed E-state index contributed by atoms with van der Waals surface area (Å²) in [6, 6.07) is 5.71. The SMILES string of the molecule is Cc1cccc(OC2CCN(C(=O)c3scnc3C)C2)n1. The standard InChI is InChI=1S/C15H17N3O2S/c1-10-4-3-5-13(17-10)20-12-6-7-18(8-12)15(19)14-11(2)16-9-21-14/h3-5,9,12H,6-8H2,1-2H3. The van der Waals surface area contributed by atoms with E-state index in [0.29, 0.717) is 19.0 Å². The van der Waals surface area contributed by atoms with Gasteiger partial charge >= 0.3 is 0 Å². The molecule has 0 bridgehead atoms. The summed E-state index contributed by atoms with van der Waals surface area (Å²) >= 11 is 1.40. The van der Waals surface area contributed by atoms with E-state index >= 15 is 0 Å². The summed E-state index contributed by atoms with van der Waals surface area (Å²) < 4.78 is 5.87. The Morgan fingerprint density at radius 3 is 3.00 bits per heavy atom. The van der Waals surface area contributed by atoms with Crippen molar-refractivity contribution in [3.63, 3.8) is 0 Å². The molecule has 1 saturated heterocycles. The minimum absolute atomic E-state index is 0.0106. The first-order valence-corrected chi connectivity index (χ1v) is 7.81. The molecule has 3 rings (SSSR count). The third kappa shape index (κ3) is 3.05. The lowest BCUT2D eigenvalue weighted by atomic mass is 10.3. The Morgan fingerprint density at radius 2 is 2.29 bits per heavy atom. The minimum Gasteiger partial charge on any atom is -0.472 e. The van der Waals surface area contributed by atoms with Crippen LogP contribution in [0.4, 0.5) is 0 Å². The molecule has 110 valence electrons. The van der Waals surface area contributed by atoms with Crippen LogP contribution in [0.1, 0.15) is 27.5 Å². The van der Waals surface area contributed by atoms with Crippen molar-refractivity contribution in [1.82, 2.24) is 14.9 Å². The molecule has 2 aromatic rings. The molecule has 5 nitrogen and oxygen atoms in total. The smallest absolute Gasteiger partial charge is 0.265 e. The Hall–Kier alpha value is -1.95. The topological polar surface area (TPSA) is 55.3 Å². The first-order chi connectivity index (χ1) is 10.1. The van der Waals surface area contributed by atoms with Crippen molar-refractivity contribution in [3.8, 4) is 5.88 Å². The van der Waals surface area contributed by atoms with Crippen LogP contribution in [0, 0.1) is 13.8 Å². The number of carbonyl (C=O) groups is 1. The lowest BCUT2D eigenvalue weighted by Gasteiger charge is -2.16. The predicted molar refractivity (Wildman–Crippen MR) is 80.8 cm³/mol. The van der Waals surface area contributed by atoms with Crippen LogP contribution in [0.15, 0.2) is 23.7 Å². The fraction of sp³-hybridized carbons (Fsp3) is 0.400. The van der Waals surface area contributed by atoms with E-state index in [-0.39, 0.29) is 12.0 Å². The molecular formula is C15H17N3O2S. The third-order valence-corrected chi connectivity index (χ3v) is 4.44. The summed E-state index contributed by atoms with van der Waals surface area (Å²) in [7, 11) is 0. The number of likely N-dealkylation sites (tertiary alicyclic amines) is 1. The maximum absolute atomic E-state index is 12.4. The lowest BCUT2D eigenvalue weighted by molar-refractivity contribution is 0.0775. The summed E-state index contributed by atoms with van der Waals surface area (Å²) in [6.07, 6.45) is 0.843. The Bertz CT molecular complexity index is 656. The zero-order valence-corrected chi connectivity index (χ0v) is 12.9. The Morgan fingerprint density at radius 1 is 1.43 bits per heavy atom. The predicted octanol–water partition coefficient (Wildman–Crippen LogP) is 2.45. The van der Waals surface area contributed by atoms with Gasteiger partial charge in [0.05, 0.1) is 17.7 Å². The Balaban J connectivity index is 1.63. The van der Waals surface area contributed by atoms with Crippen LogP contribution in [0.5, 0.6) is 5.88 Å². The Labute approximate surface area is 127 Å². The van der Waals surface area contributed by atoms with E-state index in [1.54, 1.807) is 5.51 Å². The van der Waals surface area contributed by atoms with Gasteiger partial charge in [-0.1, -0.05) is 6.07 Å². The molecule has 0 N–H and O–H groups in total. The number of ether oxygens (including phenoxy) is 1. The van der Waals surface area contributed by atoms with Crippen LogP contribution in [-0.2, 0) is 0 Å². The van der Waals surface area contributed by atoms with E-state index in [9.17, 15) is 4.79 Å². The number of amides is 1. The minimum atomic E-state index is 0.0106. The van der Waals surface area contributed by atoms with Crippen molar-refractivity contribution in [1.29, 1.82) is 0 Å². The number of nitrogens with zero attached hydrogens (tertiary/aromatic N) is 3. The van der Waals surface area contributed by atoms with Gasteiger partial charge in [0.2, 0.25) is 5.88 Å². The summed E-state index contributed by atoms with van der Waals surface area (Å²) in [5.41, 5.74) is 3.44. The molecule has 0 radical (unpaired) electrons. The van der Waals surface area contributed by atoms with Crippen LogP contribution >= 0.6 is 11.3 Å². The monoisotopic (exact) mass is 303 g/mol. The second kappa shape index (κ2) is 5.81. The quantitative estimate of drug-likeness (QED) is 0.874. The molecule has 0 spiro atoms. The average Bonchev–Trinajstić information content (AvgIpc) is 3.07. The number of rotatable bonds is 3. The summed E-state index contributed by atoms with van der Waals surface area (Å²) in [5.74, 6) is 0.682. The van der Waals surface area contributed by atoms with E-state index < -0.39 is 0 Å². The molecule has 1 amide bonds. The van der Waals surface area contributed by atoms with Crippen molar-refractivity contribution in [2.75, 3.05) is 13.1 Å². The molecule has 3 heterocycles. The first kappa shape index (κ1) is 14.0. The molecule has 1 aliphatic heterocycles. The van der Waals surface area contributed by atoms with Crippen molar-refractivity contribution in [3.05, 3.63) is 40.0 Å². The zero-order valence-electron chi connectivity index (χ0n) is 12.1. The largest absolute Gasteiger partial charge is 0.472 e. The number of pyridine rings is 1. The molecular weight excluding hydrogens is 286 g/mol.